The molecular weight excluding hydrogens is 418 g/mol. The van der Waals surface area contributed by atoms with E-state index in [1.165, 1.54) is 0 Å². The molecule has 31 heavy (non-hydrogen) atoms. The zero-order chi connectivity index (χ0) is 22.0. The Bertz CT molecular complexity index is 1120. The number of benzene rings is 2. The van der Waals surface area contributed by atoms with Crippen LogP contribution in [0, 0.1) is 0 Å². The Kier molecular flexibility index (Phi) is 6.04. The second-order valence-corrected chi connectivity index (χ2v) is 7.84. The smallest absolute Gasteiger partial charge is 0.323 e. The summed E-state index contributed by atoms with van der Waals surface area (Å²) in [4.78, 5) is 28.6. The number of aliphatic carboxylic acids is 1. The number of hydrogen-bond acceptors (Lipinski definition) is 4. The minimum atomic E-state index is -0.975. The molecule has 162 valence electrons. The van der Waals surface area contributed by atoms with Crippen LogP contribution in [0.5, 0.6) is 5.75 Å². The zero-order valence-electron chi connectivity index (χ0n) is 17.3. The SMILES string of the molecule is CCOc1ccccc1N1CCN(C(=O)c2cn(CC(=O)O)c3cc(Cl)ccc23)CC1. The third kappa shape index (κ3) is 4.32. The lowest BCUT2D eigenvalue weighted by Crippen LogP contribution is -2.48. The molecule has 0 spiro atoms. The molecule has 2 aromatic carbocycles. The number of carboxylic acids is 1. The molecule has 3 aromatic rings. The van der Waals surface area contributed by atoms with Gasteiger partial charge in [0.1, 0.15) is 12.3 Å². The fraction of sp³-hybridized carbons (Fsp3) is 0.304. The quantitative estimate of drug-likeness (QED) is 0.630. The number of fused-ring (bicyclic) bond motifs is 1. The molecule has 0 unspecified atom stereocenters. The van der Waals surface area contributed by atoms with Crippen LogP contribution in [-0.4, -0.2) is 59.2 Å². The first-order valence-corrected chi connectivity index (χ1v) is 10.6. The molecule has 1 aliphatic rings. The van der Waals surface area contributed by atoms with E-state index in [4.69, 9.17) is 16.3 Å². The molecule has 0 bridgehead atoms. The lowest BCUT2D eigenvalue weighted by molar-refractivity contribution is -0.137. The summed E-state index contributed by atoms with van der Waals surface area (Å²) in [6.07, 6.45) is 1.62. The van der Waals surface area contributed by atoms with Crippen molar-refractivity contribution in [3.05, 3.63) is 59.2 Å². The molecule has 8 heteroatoms. The molecule has 1 saturated heterocycles. The summed E-state index contributed by atoms with van der Waals surface area (Å²) in [6.45, 7) is 4.84. The van der Waals surface area contributed by atoms with Crippen molar-refractivity contribution < 1.29 is 19.4 Å². The first kappa shape index (κ1) is 21.1. The second-order valence-electron chi connectivity index (χ2n) is 7.41. The molecule has 1 N–H and O–H groups in total. The lowest BCUT2D eigenvalue weighted by atomic mass is 10.1. The van der Waals surface area contributed by atoms with Gasteiger partial charge in [-0.25, -0.2) is 0 Å². The van der Waals surface area contributed by atoms with Crippen LogP contribution in [0.4, 0.5) is 5.69 Å². The van der Waals surface area contributed by atoms with Gasteiger partial charge in [0.25, 0.3) is 5.91 Å². The minimum Gasteiger partial charge on any atom is -0.492 e. The van der Waals surface area contributed by atoms with E-state index < -0.39 is 5.97 Å². The van der Waals surface area contributed by atoms with Crippen LogP contribution >= 0.6 is 11.6 Å². The third-order valence-corrected chi connectivity index (χ3v) is 5.69. The van der Waals surface area contributed by atoms with Crippen LogP contribution in [0.2, 0.25) is 5.02 Å². The fourth-order valence-corrected chi connectivity index (χ4v) is 4.20. The van der Waals surface area contributed by atoms with Crippen LogP contribution in [0.1, 0.15) is 17.3 Å². The minimum absolute atomic E-state index is 0.103. The van der Waals surface area contributed by atoms with Crippen molar-refractivity contribution in [2.75, 3.05) is 37.7 Å². The van der Waals surface area contributed by atoms with Gasteiger partial charge in [0, 0.05) is 42.8 Å². The van der Waals surface area contributed by atoms with Crippen LogP contribution in [0.3, 0.4) is 0 Å². The predicted octanol–water partition coefficient (Wildman–Crippen LogP) is 3.74. The van der Waals surface area contributed by atoms with E-state index in [0.717, 1.165) is 11.4 Å². The standard InChI is InChI=1S/C23H24ClN3O4/c1-2-31-21-6-4-3-5-19(21)25-9-11-26(12-10-25)23(30)18-14-27(15-22(28)29)20-13-16(24)7-8-17(18)20/h3-8,13-14H,2,9-12,15H2,1H3,(H,28,29). The number of amides is 1. The highest BCUT2D eigenvalue weighted by atomic mass is 35.5. The zero-order valence-corrected chi connectivity index (χ0v) is 18.0. The van der Waals surface area contributed by atoms with Gasteiger partial charge in [0.15, 0.2) is 0 Å². The van der Waals surface area contributed by atoms with Crippen molar-refractivity contribution in [3.8, 4) is 5.75 Å². The van der Waals surface area contributed by atoms with Gasteiger partial charge < -0.3 is 24.2 Å². The van der Waals surface area contributed by atoms with Gasteiger partial charge >= 0.3 is 5.97 Å². The van der Waals surface area contributed by atoms with Crippen molar-refractivity contribution in [1.29, 1.82) is 0 Å². The van der Waals surface area contributed by atoms with Crippen molar-refractivity contribution >= 4 is 40.1 Å². The number of nitrogens with zero attached hydrogens (tertiary/aromatic N) is 3. The van der Waals surface area contributed by atoms with Gasteiger partial charge in [-0.1, -0.05) is 29.8 Å². The molecule has 0 radical (unpaired) electrons. The number of aromatic nitrogens is 1. The number of rotatable bonds is 6. The van der Waals surface area contributed by atoms with Crippen molar-refractivity contribution in [3.63, 3.8) is 0 Å². The van der Waals surface area contributed by atoms with Crippen LogP contribution in [-0.2, 0) is 11.3 Å². The van der Waals surface area contributed by atoms with Gasteiger partial charge in [-0.15, -0.1) is 0 Å². The van der Waals surface area contributed by atoms with Gasteiger partial charge in [-0.2, -0.15) is 0 Å². The highest BCUT2D eigenvalue weighted by Gasteiger charge is 2.26. The number of anilines is 1. The number of piperazine rings is 1. The number of carbonyl (C=O) groups is 2. The van der Waals surface area contributed by atoms with Crippen molar-refractivity contribution in [1.82, 2.24) is 9.47 Å². The molecule has 1 amide bonds. The largest absolute Gasteiger partial charge is 0.492 e. The Morgan fingerprint density at radius 1 is 1.10 bits per heavy atom. The maximum Gasteiger partial charge on any atom is 0.323 e. The number of para-hydroxylation sites is 2. The molecule has 2 heterocycles. The molecule has 7 nitrogen and oxygen atoms in total. The van der Waals surface area contributed by atoms with E-state index in [9.17, 15) is 14.7 Å². The number of carboxylic acid groups (broad SMARTS) is 1. The molecule has 4 rings (SSSR count). The first-order valence-electron chi connectivity index (χ1n) is 10.2. The molecule has 1 fully saturated rings. The van der Waals surface area contributed by atoms with E-state index in [2.05, 4.69) is 4.90 Å². The van der Waals surface area contributed by atoms with E-state index in [1.807, 2.05) is 36.1 Å². The van der Waals surface area contributed by atoms with Gasteiger partial charge in [0.2, 0.25) is 0 Å². The molecule has 1 aromatic heterocycles. The third-order valence-electron chi connectivity index (χ3n) is 5.45. The summed E-state index contributed by atoms with van der Waals surface area (Å²) in [7, 11) is 0. The summed E-state index contributed by atoms with van der Waals surface area (Å²) in [6, 6.07) is 13.1. The maximum atomic E-state index is 13.3. The molecule has 0 aliphatic carbocycles. The Morgan fingerprint density at radius 3 is 2.55 bits per heavy atom. The Balaban J connectivity index is 1.54. The van der Waals surface area contributed by atoms with Gasteiger partial charge in [-0.05, 0) is 31.2 Å². The van der Waals surface area contributed by atoms with Crippen molar-refractivity contribution in [2.45, 2.75) is 13.5 Å². The number of hydrogen-bond donors (Lipinski definition) is 1. The fourth-order valence-electron chi connectivity index (χ4n) is 4.03. The average molecular weight is 442 g/mol. The summed E-state index contributed by atoms with van der Waals surface area (Å²) in [5.74, 6) is -0.231. The number of ether oxygens (including phenoxy) is 1. The topological polar surface area (TPSA) is 75.0 Å². The normalized spacial score (nSPS) is 14.1. The van der Waals surface area contributed by atoms with Gasteiger partial charge in [0.05, 0.1) is 23.4 Å². The van der Waals surface area contributed by atoms with Gasteiger partial charge in [-0.3, -0.25) is 9.59 Å². The lowest BCUT2D eigenvalue weighted by Gasteiger charge is -2.36. The predicted molar refractivity (Wildman–Crippen MR) is 120 cm³/mol. The second kappa shape index (κ2) is 8.89. The van der Waals surface area contributed by atoms with Crippen LogP contribution in [0.15, 0.2) is 48.7 Å². The monoisotopic (exact) mass is 441 g/mol. The summed E-state index contributed by atoms with van der Waals surface area (Å²) in [5, 5.41) is 10.4. The Labute approximate surface area is 185 Å². The van der Waals surface area contributed by atoms with E-state index in [0.29, 0.717) is 54.3 Å². The van der Waals surface area contributed by atoms with E-state index in [-0.39, 0.29) is 12.5 Å². The highest BCUT2D eigenvalue weighted by molar-refractivity contribution is 6.31. The molecular formula is C23H24ClN3O4. The van der Waals surface area contributed by atoms with Crippen LogP contribution in [0.25, 0.3) is 10.9 Å². The molecule has 0 atom stereocenters. The van der Waals surface area contributed by atoms with Crippen molar-refractivity contribution in [2.24, 2.45) is 0 Å². The van der Waals surface area contributed by atoms with E-state index in [1.54, 1.807) is 29.0 Å². The summed E-state index contributed by atoms with van der Waals surface area (Å²) in [5.41, 5.74) is 2.17. The molecule has 1 aliphatic heterocycles. The Hall–Kier alpha value is -3.19. The first-order chi connectivity index (χ1) is 15.0. The van der Waals surface area contributed by atoms with Crippen LogP contribution < -0.4 is 9.64 Å². The average Bonchev–Trinajstić information content (AvgIpc) is 3.11. The summed E-state index contributed by atoms with van der Waals surface area (Å²) >= 11 is 6.10. The Morgan fingerprint density at radius 2 is 1.84 bits per heavy atom. The number of halogens is 1. The number of carbonyl (C=O) groups excluding carboxylic acids is 1. The highest BCUT2D eigenvalue weighted by Crippen LogP contribution is 2.30. The maximum absolute atomic E-state index is 13.3. The van der Waals surface area contributed by atoms with E-state index >= 15 is 0 Å². The summed E-state index contributed by atoms with van der Waals surface area (Å²) < 4.78 is 7.30. The molecule has 0 saturated carbocycles.